The van der Waals surface area contributed by atoms with Gasteiger partial charge in [0.1, 0.15) is 6.04 Å². The van der Waals surface area contributed by atoms with E-state index in [-0.39, 0.29) is 0 Å². The SMILES string of the molecule is CO[C@@H](C(=O)O)[C@H](N)C(=O)O. The van der Waals surface area contributed by atoms with E-state index in [2.05, 4.69) is 4.74 Å². The molecule has 0 unspecified atom stereocenters. The summed E-state index contributed by atoms with van der Waals surface area (Å²) in [5.74, 6) is -2.79. The summed E-state index contributed by atoms with van der Waals surface area (Å²) in [4.78, 5) is 20.3. The van der Waals surface area contributed by atoms with E-state index in [0.717, 1.165) is 7.11 Å². The third-order valence-corrected chi connectivity index (χ3v) is 1.11. The second-order valence-electron chi connectivity index (χ2n) is 1.86. The van der Waals surface area contributed by atoms with Crippen LogP contribution in [0.4, 0.5) is 0 Å². The molecule has 0 aromatic carbocycles. The Labute approximate surface area is 62.6 Å². The van der Waals surface area contributed by atoms with Crippen LogP contribution in [0.5, 0.6) is 0 Å². The van der Waals surface area contributed by atoms with Gasteiger partial charge < -0.3 is 20.7 Å². The number of rotatable bonds is 4. The zero-order valence-electron chi connectivity index (χ0n) is 5.85. The van der Waals surface area contributed by atoms with Crippen molar-refractivity contribution in [1.29, 1.82) is 0 Å². The summed E-state index contributed by atoms with van der Waals surface area (Å²) < 4.78 is 4.33. The third kappa shape index (κ3) is 2.52. The van der Waals surface area contributed by atoms with Crippen molar-refractivity contribution in [2.75, 3.05) is 7.11 Å². The van der Waals surface area contributed by atoms with Gasteiger partial charge in [-0.05, 0) is 0 Å². The largest absolute Gasteiger partial charge is 0.480 e. The minimum absolute atomic E-state index is 1.08. The monoisotopic (exact) mass is 163 g/mol. The highest BCUT2D eigenvalue weighted by Gasteiger charge is 2.30. The maximum atomic E-state index is 10.2. The van der Waals surface area contributed by atoms with Gasteiger partial charge in [-0.15, -0.1) is 0 Å². The fourth-order valence-electron chi connectivity index (χ4n) is 0.531. The molecule has 0 spiro atoms. The number of methoxy groups -OCH3 is 1. The fourth-order valence-corrected chi connectivity index (χ4v) is 0.531. The summed E-state index contributed by atoms with van der Waals surface area (Å²) in [6, 6.07) is -1.53. The van der Waals surface area contributed by atoms with Gasteiger partial charge in [0.05, 0.1) is 0 Å². The van der Waals surface area contributed by atoms with Crippen LogP contribution in [-0.2, 0) is 14.3 Å². The first-order chi connectivity index (χ1) is 5.00. The normalized spacial score (nSPS) is 15.5. The highest BCUT2D eigenvalue weighted by molar-refractivity contribution is 5.84. The van der Waals surface area contributed by atoms with Gasteiger partial charge in [-0.2, -0.15) is 0 Å². The number of hydrogen-bond acceptors (Lipinski definition) is 4. The lowest BCUT2D eigenvalue weighted by Gasteiger charge is -2.13. The van der Waals surface area contributed by atoms with Crippen molar-refractivity contribution in [2.45, 2.75) is 12.1 Å². The van der Waals surface area contributed by atoms with Crippen LogP contribution >= 0.6 is 0 Å². The number of carbonyl (C=O) groups is 2. The van der Waals surface area contributed by atoms with Crippen LogP contribution in [0, 0.1) is 0 Å². The number of ether oxygens (including phenoxy) is 1. The molecule has 4 N–H and O–H groups in total. The number of carboxylic acid groups (broad SMARTS) is 2. The Morgan fingerprint density at radius 1 is 1.36 bits per heavy atom. The Kier molecular flexibility index (Phi) is 3.49. The van der Waals surface area contributed by atoms with Crippen LogP contribution < -0.4 is 5.73 Å². The molecule has 0 amide bonds. The first-order valence-corrected chi connectivity index (χ1v) is 2.74. The molecule has 6 nitrogen and oxygen atoms in total. The molecule has 0 saturated heterocycles. The predicted molar refractivity (Wildman–Crippen MR) is 34.0 cm³/mol. The molecule has 2 atom stereocenters. The third-order valence-electron chi connectivity index (χ3n) is 1.11. The number of carboxylic acids is 2. The minimum atomic E-state index is -1.53. The second-order valence-corrected chi connectivity index (χ2v) is 1.86. The maximum Gasteiger partial charge on any atom is 0.335 e. The summed E-state index contributed by atoms with van der Waals surface area (Å²) in [5, 5.41) is 16.6. The molecule has 64 valence electrons. The molecular weight excluding hydrogens is 154 g/mol. The molecule has 0 aliphatic rings. The van der Waals surface area contributed by atoms with E-state index in [1.807, 2.05) is 0 Å². The molecule has 11 heavy (non-hydrogen) atoms. The van der Waals surface area contributed by atoms with Gasteiger partial charge in [0, 0.05) is 7.11 Å². The van der Waals surface area contributed by atoms with E-state index in [4.69, 9.17) is 15.9 Å². The molecular formula is C5H9NO5. The van der Waals surface area contributed by atoms with Crippen LogP contribution in [0.25, 0.3) is 0 Å². The van der Waals surface area contributed by atoms with Gasteiger partial charge in [0.2, 0.25) is 0 Å². The summed E-state index contributed by atoms with van der Waals surface area (Å²) >= 11 is 0. The van der Waals surface area contributed by atoms with E-state index in [1.54, 1.807) is 0 Å². The zero-order chi connectivity index (χ0) is 9.02. The van der Waals surface area contributed by atoms with Crippen molar-refractivity contribution in [2.24, 2.45) is 5.73 Å². The molecule has 0 aliphatic carbocycles. The first-order valence-electron chi connectivity index (χ1n) is 2.74. The van der Waals surface area contributed by atoms with E-state index in [9.17, 15) is 9.59 Å². The van der Waals surface area contributed by atoms with E-state index >= 15 is 0 Å². The van der Waals surface area contributed by atoms with Crippen molar-refractivity contribution in [1.82, 2.24) is 0 Å². The van der Waals surface area contributed by atoms with E-state index < -0.39 is 24.1 Å². The minimum Gasteiger partial charge on any atom is -0.480 e. The zero-order valence-corrected chi connectivity index (χ0v) is 5.85. The van der Waals surface area contributed by atoms with Crippen LogP contribution in [0.2, 0.25) is 0 Å². The maximum absolute atomic E-state index is 10.2. The summed E-state index contributed by atoms with van der Waals surface area (Å²) in [5.41, 5.74) is 4.97. The summed E-state index contributed by atoms with van der Waals surface area (Å²) in [6.07, 6.45) is -1.49. The molecule has 0 aliphatic heterocycles. The van der Waals surface area contributed by atoms with E-state index in [1.165, 1.54) is 0 Å². The quantitative estimate of drug-likeness (QED) is 0.465. The lowest BCUT2D eigenvalue weighted by molar-refractivity contribution is -0.156. The predicted octanol–water partition coefficient (Wildman–Crippen LogP) is -1.50. The van der Waals surface area contributed by atoms with Crippen molar-refractivity contribution in [3.63, 3.8) is 0 Å². The van der Waals surface area contributed by atoms with Crippen molar-refractivity contribution in [3.8, 4) is 0 Å². The lowest BCUT2D eigenvalue weighted by Crippen LogP contribution is -2.47. The lowest BCUT2D eigenvalue weighted by atomic mass is 10.2. The average molecular weight is 163 g/mol. The van der Waals surface area contributed by atoms with Crippen LogP contribution in [0.1, 0.15) is 0 Å². The molecule has 0 fully saturated rings. The van der Waals surface area contributed by atoms with Crippen molar-refractivity contribution < 1.29 is 24.5 Å². The van der Waals surface area contributed by atoms with Crippen molar-refractivity contribution >= 4 is 11.9 Å². The Morgan fingerprint density at radius 2 is 1.82 bits per heavy atom. The second kappa shape index (κ2) is 3.89. The van der Waals surface area contributed by atoms with E-state index in [0.29, 0.717) is 0 Å². The Bertz CT molecular complexity index is 168. The Hall–Kier alpha value is -1.14. The van der Waals surface area contributed by atoms with Gasteiger partial charge in [0.25, 0.3) is 0 Å². The molecule has 0 aromatic heterocycles. The molecule has 0 aromatic rings. The van der Waals surface area contributed by atoms with Crippen LogP contribution in [-0.4, -0.2) is 41.4 Å². The van der Waals surface area contributed by atoms with Gasteiger partial charge >= 0.3 is 11.9 Å². The Balaban J connectivity index is 4.25. The van der Waals surface area contributed by atoms with Crippen LogP contribution in [0.15, 0.2) is 0 Å². The molecule has 0 bridgehead atoms. The highest BCUT2D eigenvalue weighted by atomic mass is 16.5. The topological polar surface area (TPSA) is 110 Å². The molecule has 0 radical (unpaired) electrons. The summed E-state index contributed by atoms with van der Waals surface area (Å²) in [6.45, 7) is 0. The number of hydrogen-bond donors (Lipinski definition) is 3. The van der Waals surface area contributed by atoms with Gasteiger partial charge in [0.15, 0.2) is 6.10 Å². The van der Waals surface area contributed by atoms with Gasteiger partial charge in [-0.1, -0.05) is 0 Å². The van der Waals surface area contributed by atoms with Gasteiger partial charge in [-0.25, -0.2) is 4.79 Å². The molecule has 6 heteroatoms. The summed E-state index contributed by atoms with van der Waals surface area (Å²) in [7, 11) is 1.08. The highest BCUT2D eigenvalue weighted by Crippen LogP contribution is 1.95. The van der Waals surface area contributed by atoms with Gasteiger partial charge in [-0.3, -0.25) is 4.79 Å². The number of nitrogens with two attached hydrogens (primary N) is 1. The van der Waals surface area contributed by atoms with Crippen LogP contribution in [0.3, 0.4) is 0 Å². The molecule has 0 rings (SSSR count). The standard InChI is InChI=1S/C5H9NO5/c1-11-3(5(9)10)2(6)4(7)8/h2-3H,6H2,1H3,(H,7,8)(H,9,10)/t2-,3+/m0/s1. The Morgan fingerprint density at radius 3 is 1.91 bits per heavy atom. The molecule has 0 saturated carbocycles. The van der Waals surface area contributed by atoms with Crippen molar-refractivity contribution in [3.05, 3.63) is 0 Å². The smallest absolute Gasteiger partial charge is 0.335 e. The average Bonchev–Trinajstić information content (AvgIpc) is 1.88. The number of aliphatic carboxylic acids is 2. The fraction of sp³-hybridized carbons (Fsp3) is 0.600. The molecule has 0 heterocycles. The first kappa shape index (κ1) is 9.86.